The van der Waals surface area contributed by atoms with Crippen LogP contribution in [0.3, 0.4) is 0 Å². The van der Waals surface area contributed by atoms with Crippen molar-refractivity contribution < 1.29 is 19.4 Å². The largest absolute Gasteiger partial charge is 0.505 e. The van der Waals surface area contributed by atoms with Gasteiger partial charge in [-0.25, -0.2) is 0 Å². The molecule has 142 valence electrons. The number of carbonyl (C=O) groups excluding carboxylic acids is 2. The molecule has 0 aromatic heterocycles. The van der Waals surface area contributed by atoms with Gasteiger partial charge >= 0.3 is 0 Å². The second-order valence-electron chi connectivity index (χ2n) is 6.32. The molecule has 3 aromatic carbocycles. The Morgan fingerprint density at radius 2 is 1.64 bits per heavy atom. The molecule has 2 N–H and O–H groups in total. The molecule has 0 saturated heterocycles. The van der Waals surface area contributed by atoms with Crippen molar-refractivity contribution in [2.45, 2.75) is 13.3 Å². The van der Waals surface area contributed by atoms with E-state index in [9.17, 15) is 14.7 Å². The molecule has 0 unspecified atom stereocenters. The second-order valence-corrected chi connectivity index (χ2v) is 6.32. The van der Waals surface area contributed by atoms with E-state index < -0.39 is 0 Å². The van der Waals surface area contributed by atoms with Crippen LogP contribution in [0.25, 0.3) is 0 Å². The number of ether oxygens (including phenoxy) is 1. The van der Waals surface area contributed by atoms with Gasteiger partial charge < -0.3 is 15.2 Å². The zero-order valence-corrected chi connectivity index (χ0v) is 15.5. The smallest absolute Gasteiger partial charge is 0.255 e. The number of phenols is 1. The maximum atomic E-state index is 12.4. The lowest BCUT2D eigenvalue weighted by Gasteiger charge is -2.10. The fourth-order valence-electron chi connectivity index (χ4n) is 2.76. The molecule has 0 heterocycles. The molecule has 28 heavy (non-hydrogen) atoms. The first kappa shape index (κ1) is 19.2. The predicted molar refractivity (Wildman–Crippen MR) is 108 cm³/mol. The summed E-state index contributed by atoms with van der Waals surface area (Å²) >= 11 is 0. The Bertz CT molecular complexity index is 966. The van der Waals surface area contributed by atoms with Gasteiger partial charge in [-0.1, -0.05) is 36.4 Å². The van der Waals surface area contributed by atoms with Crippen LogP contribution < -0.4 is 10.1 Å². The number of anilines is 1. The van der Waals surface area contributed by atoms with Crippen molar-refractivity contribution >= 4 is 17.4 Å². The molecular formula is C23H21NO4. The van der Waals surface area contributed by atoms with E-state index in [1.807, 2.05) is 30.3 Å². The Kier molecular flexibility index (Phi) is 6.07. The molecule has 5 heteroatoms. The van der Waals surface area contributed by atoms with Crippen molar-refractivity contribution in [2.75, 3.05) is 11.9 Å². The monoisotopic (exact) mass is 375 g/mol. The van der Waals surface area contributed by atoms with Gasteiger partial charge in [-0.3, -0.25) is 9.59 Å². The summed E-state index contributed by atoms with van der Waals surface area (Å²) in [4.78, 5) is 23.9. The molecule has 0 aliphatic rings. The zero-order valence-electron chi connectivity index (χ0n) is 15.5. The van der Waals surface area contributed by atoms with Gasteiger partial charge in [-0.2, -0.15) is 0 Å². The predicted octanol–water partition coefficient (Wildman–Crippen LogP) is 4.47. The van der Waals surface area contributed by atoms with Crippen LogP contribution in [0.4, 0.5) is 5.69 Å². The summed E-state index contributed by atoms with van der Waals surface area (Å²) in [5.74, 6) is -0.212. The molecule has 0 spiro atoms. The number of hydrogen-bond donors (Lipinski definition) is 2. The summed E-state index contributed by atoms with van der Waals surface area (Å²) in [5.41, 5.74) is 1.98. The lowest BCUT2D eigenvalue weighted by atomic mass is 10.1. The summed E-state index contributed by atoms with van der Waals surface area (Å²) in [6, 6.07) is 21.5. The van der Waals surface area contributed by atoms with Gasteiger partial charge in [0.05, 0.1) is 17.9 Å². The molecular weight excluding hydrogens is 354 g/mol. The normalized spacial score (nSPS) is 10.3. The molecule has 3 aromatic rings. The Hall–Kier alpha value is -3.60. The lowest BCUT2D eigenvalue weighted by Crippen LogP contribution is -2.12. The van der Waals surface area contributed by atoms with Gasteiger partial charge in [0.25, 0.3) is 5.91 Å². The van der Waals surface area contributed by atoms with Crippen molar-refractivity contribution in [3.63, 3.8) is 0 Å². The highest BCUT2D eigenvalue weighted by molar-refractivity contribution is 6.07. The SMILES string of the molecule is CC(=O)c1cccc(NC(=O)c2ccc(OCCc3ccccc3)cc2)c1O. The van der Waals surface area contributed by atoms with E-state index in [4.69, 9.17) is 4.74 Å². The first-order valence-electron chi connectivity index (χ1n) is 8.95. The van der Waals surface area contributed by atoms with E-state index in [-0.39, 0.29) is 28.7 Å². The Morgan fingerprint density at radius 1 is 0.929 bits per heavy atom. The number of benzene rings is 3. The fourth-order valence-corrected chi connectivity index (χ4v) is 2.76. The number of phenolic OH excluding ortho intramolecular Hbond substituents is 1. The van der Waals surface area contributed by atoms with Gasteiger partial charge in [-0.15, -0.1) is 0 Å². The summed E-state index contributed by atoms with van der Waals surface area (Å²) in [5, 5.41) is 12.8. The topological polar surface area (TPSA) is 75.6 Å². The van der Waals surface area contributed by atoms with Gasteiger partial charge in [0, 0.05) is 12.0 Å². The molecule has 0 fully saturated rings. The molecule has 1 amide bonds. The van der Waals surface area contributed by atoms with Gasteiger partial charge in [-0.05, 0) is 48.9 Å². The molecule has 3 rings (SSSR count). The minimum absolute atomic E-state index is 0.167. The van der Waals surface area contributed by atoms with Gasteiger partial charge in [0.15, 0.2) is 5.78 Å². The number of Topliss-reactive ketones (excluding diaryl/α,β-unsaturated/α-hetero) is 1. The van der Waals surface area contributed by atoms with E-state index in [0.717, 1.165) is 6.42 Å². The van der Waals surface area contributed by atoms with E-state index in [0.29, 0.717) is 17.9 Å². The highest BCUT2D eigenvalue weighted by Gasteiger charge is 2.13. The molecule has 0 aliphatic heterocycles. The number of hydrogen-bond acceptors (Lipinski definition) is 4. The number of ketones is 1. The van der Waals surface area contributed by atoms with Crippen LogP contribution in [0, 0.1) is 0 Å². The van der Waals surface area contributed by atoms with E-state index >= 15 is 0 Å². The highest BCUT2D eigenvalue weighted by atomic mass is 16.5. The van der Waals surface area contributed by atoms with Crippen LogP contribution in [0.5, 0.6) is 11.5 Å². The Labute approximate surface area is 163 Å². The van der Waals surface area contributed by atoms with Crippen LogP contribution in [0.2, 0.25) is 0 Å². The van der Waals surface area contributed by atoms with Crippen molar-refractivity contribution in [3.8, 4) is 11.5 Å². The van der Waals surface area contributed by atoms with Crippen molar-refractivity contribution in [2.24, 2.45) is 0 Å². The van der Waals surface area contributed by atoms with Crippen LogP contribution in [-0.2, 0) is 6.42 Å². The standard InChI is InChI=1S/C23H21NO4/c1-16(25)20-8-5-9-21(22(20)26)24-23(27)18-10-12-19(13-11-18)28-15-14-17-6-3-2-4-7-17/h2-13,26H,14-15H2,1H3,(H,24,27). The number of para-hydroxylation sites is 1. The average molecular weight is 375 g/mol. The fraction of sp³-hybridized carbons (Fsp3) is 0.130. The highest BCUT2D eigenvalue weighted by Crippen LogP contribution is 2.28. The molecule has 0 saturated carbocycles. The first-order valence-corrected chi connectivity index (χ1v) is 8.95. The zero-order chi connectivity index (χ0) is 19.9. The minimum Gasteiger partial charge on any atom is -0.505 e. The molecule has 0 aliphatic carbocycles. The van der Waals surface area contributed by atoms with Crippen LogP contribution >= 0.6 is 0 Å². The number of aromatic hydroxyl groups is 1. The number of nitrogens with one attached hydrogen (secondary N) is 1. The maximum absolute atomic E-state index is 12.4. The van der Waals surface area contributed by atoms with Crippen LogP contribution in [-0.4, -0.2) is 23.4 Å². The lowest BCUT2D eigenvalue weighted by molar-refractivity contribution is 0.100. The number of carbonyl (C=O) groups is 2. The number of amides is 1. The molecule has 0 bridgehead atoms. The molecule has 5 nitrogen and oxygen atoms in total. The molecule has 0 atom stereocenters. The van der Waals surface area contributed by atoms with E-state index in [1.54, 1.807) is 36.4 Å². The van der Waals surface area contributed by atoms with Gasteiger partial charge in [0.2, 0.25) is 0 Å². The summed E-state index contributed by atoms with van der Waals surface area (Å²) < 4.78 is 5.71. The Morgan fingerprint density at radius 3 is 2.32 bits per heavy atom. The van der Waals surface area contributed by atoms with E-state index in [1.165, 1.54) is 18.6 Å². The first-order chi connectivity index (χ1) is 13.5. The minimum atomic E-state index is -0.383. The summed E-state index contributed by atoms with van der Waals surface area (Å²) in [7, 11) is 0. The number of rotatable bonds is 7. The summed E-state index contributed by atoms with van der Waals surface area (Å²) in [6.45, 7) is 1.90. The third-order valence-electron chi connectivity index (χ3n) is 4.28. The van der Waals surface area contributed by atoms with Crippen molar-refractivity contribution in [1.82, 2.24) is 0 Å². The Balaban J connectivity index is 1.59. The van der Waals surface area contributed by atoms with Crippen LogP contribution in [0.15, 0.2) is 72.8 Å². The van der Waals surface area contributed by atoms with Crippen molar-refractivity contribution in [1.29, 1.82) is 0 Å². The van der Waals surface area contributed by atoms with Crippen LogP contribution in [0.1, 0.15) is 33.2 Å². The molecule has 0 radical (unpaired) electrons. The third kappa shape index (κ3) is 4.76. The van der Waals surface area contributed by atoms with Gasteiger partial charge in [0.1, 0.15) is 11.5 Å². The maximum Gasteiger partial charge on any atom is 0.255 e. The van der Waals surface area contributed by atoms with E-state index in [2.05, 4.69) is 5.32 Å². The second kappa shape index (κ2) is 8.86. The quantitative estimate of drug-likeness (QED) is 0.472. The summed E-state index contributed by atoms with van der Waals surface area (Å²) in [6.07, 6.45) is 0.800. The third-order valence-corrected chi connectivity index (χ3v) is 4.28. The average Bonchev–Trinajstić information content (AvgIpc) is 2.70. The van der Waals surface area contributed by atoms with Crippen molar-refractivity contribution in [3.05, 3.63) is 89.5 Å².